The van der Waals surface area contributed by atoms with Crippen molar-refractivity contribution in [3.63, 3.8) is 0 Å². The van der Waals surface area contributed by atoms with Gasteiger partial charge < -0.3 is 0 Å². The van der Waals surface area contributed by atoms with E-state index in [0.717, 1.165) is 21.3 Å². The van der Waals surface area contributed by atoms with Crippen LogP contribution in [0.3, 0.4) is 0 Å². The molecule has 1 fully saturated rings. The highest BCUT2D eigenvalue weighted by Gasteiger charge is 2.33. The van der Waals surface area contributed by atoms with Gasteiger partial charge >= 0.3 is 0 Å². The van der Waals surface area contributed by atoms with Crippen LogP contribution in [-0.4, -0.2) is 16.0 Å². The molecule has 0 atom stereocenters. The van der Waals surface area contributed by atoms with Crippen LogP contribution in [-0.2, 0) is 11.3 Å². The van der Waals surface area contributed by atoms with Crippen molar-refractivity contribution < 1.29 is 4.79 Å². The molecule has 4 rings (SSSR count). The maximum absolute atomic E-state index is 13.1. The average Bonchev–Trinajstić information content (AvgIpc) is 3.00. The summed E-state index contributed by atoms with van der Waals surface area (Å²) in [6, 6.07) is 27.6. The molecule has 28 heavy (non-hydrogen) atoms. The van der Waals surface area contributed by atoms with E-state index >= 15 is 0 Å². The Bertz CT molecular complexity index is 1030. The zero-order valence-electron chi connectivity index (χ0n) is 15.0. The molecule has 5 heteroatoms. The van der Waals surface area contributed by atoms with Gasteiger partial charge in [-0.2, -0.15) is 0 Å². The van der Waals surface area contributed by atoms with Gasteiger partial charge in [0.2, 0.25) is 0 Å². The SMILES string of the molecule is O=C1/C(=C\c2ccc(Br)cc2)SC(=Nc2ccccc2)N1Cc1ccccc1. The fraction of sp³-hybridized carbons (Fsp3) is 0.0435. The van der Waals surface area contributed by atoms with Crippen LogP contribution in [0.5, 0.6) is 0 Å². The summed E-state index contributed by atoms with van der Waals surface area (Å²) in [5.41, 5.74) is 2.89. The fourth-order valence-corrected chi connectivity index (χ4v) is 4.08. The maximum atomic E-state index is 13.1. The monoisotopic (exact) mass is 448 g/mol. The van der Waals surface area contributed by atoms with E-state index in [9.17, 15) is 4.79 Å². The van der Waals surface area contributed by atoms with Crippen molar-refractivity contribution in [1.29, 1.82) is 0 Å². The summed E-state index contributed by atoms with van der Waals surface area (Å²) in [7, 11) is 0. The minimum absolute atomic E-state index is 0.0218. The van der Waals surface area contributed by atoms with Crippen molar-refractivity contribution in [2.24, 2.45) is 4.99 Å². The first-order chi connectivity index (χ1) is 13.7. The molecule has 1 saturated heterocycles. The van der Waals surface area contributed by atoms with E-state index in [2.05, 4.69) is 15.9 Å². The lowest BCUT2D eigenvalue weighted by atomic mass is 10.2. The van der Waals surface area contributed by atoms with Crippen LogP contribution in [0.2, 0.25) is 0 Å². The van der Waals surface area contributed by atoms with Gasteiger partial charge in [-0.15, -0.1) is 0 Å². The molecule has 0 saturated carbocycles. The van der Waals surface area contributed by atoms with Crippen LogP contribution in [0.25, 0.3) is 6.08 Å². The number of carbonyl (C=O) groups excluding carboxylic acids is 1. The van der Waals surface area contributed by atoms with Gasteiger partial charge in [0, 0.05) is 4.47 Å². The van der Waals surface area contributed by atoms with E-state index < -0.39 is 0 Å². The molecular formula is C23H17BrN2OS. The highest BCUT2D eigenvalue weighted by molar-refractivity contribution is 9.10. The van der Waals surface area contributed by atoms with E-state index in [1.54, 1.807) is 4.90 Å². The van der Waals surface area contributed by atoms with E-state index in [0.29, 0.717) is 16.6 Å². The lowest BCUT2D eigenvalue weighted by Crippen LogP contribution is -2.28. The van der Waals surface area contributed by atoms with Crippen LogP contribution in [0, 0.1) is 0 Å². The van der Waals surface area contributed by atoms with E-state index in [4.69, 9.17) is 4.99 Å². The predicted molar refractivity (Wildman–Crippen MR) is 120 cm³/mol. The van der Waals surface area contributed by atoms with E-state index in [-0.39, 0.29) is 5.91 Å². The third-order valence-corrected chi connectivity index (χ3v) is 5.76. The predicted octanol–water partition coefficient (Wildman–Crippen LogP) is 6.25. The molecule has 1 aliphatic rings. The number of hydrogen-bond acceptors (Lipinski definition) is 3. The fourth-order valence-electron chi connectivity index (χ4n) is 2.82. The van der Waals surface area contributed by atoms with Crippen molar-refractivity contribution in [3.8, 4) is 0 Å². The standard InChI is InChI=1S/C23H17BrN2OS/c24-19-13-11-17(12-14-19)15-21-22(27)26(16-18-7-3-1-4-8-18)23(28-21)25-20-9-5-2-6-10-20/h1-15H,16H2/b21-15+,25-23?. The van der Waals surface area contributed by atoms with Gasteiger partial charge in [0.05, 0.1) is 17.1 Å². The van der Waals surface area contributed by atoms with Crippen molar-refractivity contribution in [2.45, 2.75) is 6.54 Å². The Morgan fingerprint density at radius 1 is 0.893 bits per heavy atom. The summed E-state index contributed by atoms with van der Waals surface area (Å²) >= 11 is 4.86. The van der Waals surface area contributed by atoms with Crippen LogP contribution in [0.15, 0.2) is 99.3 Å². The van der Waals surface area contributed by atoms with Gasteiger partial charge in [-0.3, -0.25) is 9.69 Å². The quantitative estimate of drug-likeness (QED) is 0.441. The summed E-state index contributed by atoms with van der Waals surface area (Å²) in [5, 5.41) is 0.698. The molecule has 0 radical (unpaired) electrons. The smallest absolute Gasteiger partial charge is 0.267 e. The number of nitrogens with zero attached hydrogens (tertiary/aromatic N) is 2. The van der Waals surface area contributed by atoms with E-state index in [1.807, 2.05) is 91.0 Å². The van der Waals surface area contributed by atoms with Gasteiger partial charge in [0.15, 0.2) is 5.17 Å². The number of benzene rings is 3. The van der Waals surface area contributed by atoms with Crippen LogP contribution in [0.4, 0.5) is 5.69 Å². The first-order valence-corrected chi connectivity index (χ1v) is 10.4. The van der Waals surface area contributed by atoms with E-state index in [1.165, 1.54) is 11.8 Å². The summed E-state index contributed by atoms with van der Waals surface area (Å²) in [4.78, 5) is 20.3. The normalized spacial score (nSPS) is 16.9. The Labute approximate surface area is 176 Å². The van der Waals surface area contributed by atoms with Crippen molar-refractivity contribution in [2.75, 3.05) is 0 Å². The van der Waals surface area contributed by atoms with Gasteiger partial charge in [-0.1, -0.05) is 76.6 Å². The topological polar surface area (TPSA) is 32.7 Å². The number of aliphatic imine (C=N–C) groups is 1. The van der Waals surface area contributed by atoms with Crippen molar-refractivity contribution in [3.05, 3.63) is 105 Å². The second kappa shape index (κ2) is 8.59. The molecule has 0 spiro atoms. The van der Waals surface area contributed by atoms with Gasteiger partial charge in [0.25, 0.3) is 5.91 Å². The van der Waals surface area contributed by atoms with Gasteiger partial charge in [-0.05, 0) is 53.2 Å². The molecule has 0 aromatic heterocycles. The lowest BCUT2D eigenvalue weighted by molar-refractivity contribution is -0.122. The molecule has 1 heterocycles. The van der Waals surface area contributed by atoms with Gasteiger partial charge in [0.1, 0.15) is 0 Å². The summed E-state index contributed by atoms with van der Waals surface area (Å²) < 4.78 is 1.01. The summed E-state index contributed by atoms with van der Waals surface area (Å²) in [6.45, 7) is 0.496. The largest absolute Gasteiger partial charge is 0.282 e. The number of amides is 1. The molecular weight excluding hydrogens is 432 g/mol. The van der Waals surface area contributed by atoms with Crippen LogP contribution < -0.4 is 0 Å². The number of amidine groups is 1. The molecule has 0 N–H and O–H groups in total. The zero-order chi connectivity index (χ0) is 19.3. The molecule has 3 nitrogen and oxygen atoms in total. The Morgan fingerprint density at radius 2 is 1.54 bits per heavy atom. The Hall–Kier alpha value is -2.63. The zero-order valence-corrected chi connectivity index (χ0v) is 17.4. The van der Waals surface area contributed by atoms with Crippen LogP contribution >= 0.6 is 27.7 Å². The number of thioether (sulfide) groups is 1. The molecule has 138 valence electrons. The Balaban J connectivity index is 1.69. The summed E-state index contributed by atoms with van der Waals surface area (Å²) in [5.74, 6) is -0.0218. The molecule has 3 aromatic carbocycles. The molecule has 1 aliphatic heterocycles. The number of halogens is 1. The first kappa shape index (κ1) is 18.7. The molecule has 0 bridgehead atoms. The third-order valence-electron chi connectivity index (χ3n) is 4.22. The van der Waals surface area contributed by atoms with Crippen molar-refractivity contribution in [1.82, 2.24) is 4.90 Å². The molecule has 0 aliphatic carbocycles. The third kappa shape index (κ3) is 4.43. The molecule has 0 unspecified atom stereocenters. The van der Waals surface area contributed by atoms with Gasteiger partial charge in [-0.25, -0.2) is 4.99 Å². The summed E-state index contributed by atoms with van der Waals surface area (Å²) in [6.07, 6.45) is 1.92. The molecule has 1 amide bonds. The minimum Gasteiger partial charge on any atom is -0.282 e. The highest BCUT2D eigenvalue weighted by atomic mass is 79.9. The Kier molecular flexibility index (Phi) is 5.74. The number of para-hydroxylation sites is 1. The first-order valence-electron chi connectivity index (χ1n) is 8.84. The highest BCUT2D eigenvalue weighted by Crippen LogP contribution is 2.35. The number of hydrogen-bond donors (Lipinski definition) is 0. The number of carbonyl (C=O) groups is 1. The Morgan fingerprint density at radius 3 is 2.21 bits per heavy atom. The lowest BCUT2D eigenvalue weighted by Gasteiger charge is -2.15. The minimum atomic E-state index is -0.0218. The average molecular weight is 449 g/mol. The second-order valence-corrected chi connectivity index (χ2v) is 8.19. The number of rotatable bonds is 4. The maximum Gasteiger partial charge on any atom is 0.267 e. The van der Waals surface area contributed by atoms with Crippen LogP contribution in [0.1, 0.15) is 11.1 Å². The second-order valence-electron chi connectivity index (χ2n) is 6.27. The molecule has 3 aromatic rings. The van der Waals surface area contributed by atoms with Crippen molar-refractivity contribution >= 4 is 50.5 Å².